The van der Waals surface area contributed by atoms with Crippen molar-refractivity contribution in [2.75, 3.05) is 38.7 Å². The van der Waals surface area contributed by atoms with Crippen LogP contribution in [0.1, 0.15) is 40.5 Å². The SMILES string of the molecule is COc1ccc(CCN2C(=O)c3ccccc3NC2c2ccccc2OCC(=O)N2CCCC2)cc1. The van der Waals surface area contributed by atoms with Crippen LogP contribution in [-0.2, 0) is 11.2 Å². The Morgan fingerprint density at radius 1 is 0.972 bits per heavy atom. The van der Waals surface area contributed by atoms with E-state index >= 15 is 0 Å². The highest BCUT2D eigenvalue weighted by molar-refractivity contribution is 6.01. The van der Waals surface area contributed by atoms with E-state index in [-0.39, 0.29) is 18.4 Å². The lowest BCUT2D eigenvalue weighted by molar-refractivity contribution is -0.132. The molecule has 0 radical (unpaired) electrons. The normalized spacial score (nSPS) is 16.9. The van der Waals surface area contributed by atoms with Gasteiger partial charge in [0.2, 0.25) is 0 Å². The van der Waals surface area contributed by atoms with Crippen LogP contribution in [0.5, 0.6) is 11.5 Å². The molecule has 0 saturated carbocycles. The van der Waals surface area contributed by atoms with Crippen LogP contribution >= 0.6 is 0 Å². The van der Waals surface area contributed by atoms with Crippen LogP contribution in [0.3, 0.4) is 0 Å². The van der Waals surface area contributed by atoms with Gasteiger partial charge in [-0.1, -0.05) is 42.5 Å². The van der Waals surface area contributed by atoms with Crippen LogP contribution in [0, 0.1) is 0 Å². The van der Waals surface area contributed by atoms with Gasteiger partial charge in [0.15, 0.2) is 6.61 Å². The van der Waals surface area contributed by atoms with Gasteiger partial charge in [0.25, 0.3) is 11.8 Å². The van der Waals surface area contributed by atoms with Crippen molar-refractivity contribution in [1.82, 2.24) is 9.80 Å². The lowest BCUT2D eigenvalue weighted by Gasteiger charge is -2.38. The molecule has 0 aliphatic carbocycles. The highest BCUT2D eigenvalue weighted by Gasteiger charge is 2.34. The monoisotopic (exact) mass is 485 g/mol. The molecule has 2 aliphatic rings. The number of fused-ring (bicyclic) bond motifs is 1. The molecule has 1 saturated heterocycles. The molecule has 36 heavy (non-hydrogen) atoms. The summed E-state index contributed by atoms with van der Waals surface area (Å²) < 4.78 is 11.3. The lowest BCUT2D eigenvalue weighted by atomic mass is 10.0. The zero-order valence-electron chi connectivity index (χ0n) is 20.5. The Morgan fingerprint density at radius 3 is 2.47 bits per heavy atom. The molecular weight excluding hydrogens is 454 g/mol. The molecule has 7 nitrogen and oxygen atoms in total. The van der Waals surface area contributed by atoms with Gasteiger partial charge in [0.05, 0.1) is 12.7 Å². The largest absolute Gasteiger partial charge is 0.497 e. The minimum Gasteiger partial charge on any atom is -0.497 e. The molecule has 0 aromatic heterocycles. The number of nitrogens with zero attached hydrogens (tertiary/aromatic N) is 2. The van der Waals surface area contributed by atoms with Crippen molar-refractivity contribution in [2.45, 2.75) is 25.4 Å². The topological polar surface area (TPSA) is 71.1 Å². The highest BCUT2D eigenvalue weighted by Crippen LogP contribution is 2.37. The predicted octanol–water partition coefficient (Wildman–Crippen LogP) is 4.51. The third-order valence-electron chi connectivity index (χ3n) is 6.85. The van der Waals surface area contributed by atoms with Crippen molar-refractivity contribution >= 4 is 17.5 Å². The first kappa shape index (κ1) is 23.7. The lowest BCUT2D eigenvalue weighted by Crippen LogP contribution is -2.44. The molecule has 1 atom stereocenters. The first-order valence-corrected chi connectivity index (χ1v) is 12.4. The first-order chi connectivity index (χ1) is 17.6. The molecule has 2 aliphatic heterocycles. The average molecular weight is 486 g/mol. The number of ether oxygens (including phenoxy) is 2. The zero-order chi connectivity index (χ0) is 24.9. The maximum absolute atomic E-state index is 13.6. The fourth-order valence-electron chi connectivity index (χ4n) is 4.85. The van der Waals surface area contributed by atoms with Gasteiger partial charge in [-0.2, -0.15) is 0 Å². The van der Waals surface area contributed by atoms with Gasteiger partial charge < -0.3 is 24.6 Å². The number of likely N-dealkylation sites (tertiary alicyclic amines) is 1. The van der Waals surface area contributed by atoms with Crippen molar-refractivity contribution in [3.05, 3.63) is 89.5 Å². The second kappa shape index (κ2) is 10.7. The van der Waals surface area contributed by atoms with E-state index in [9.17, 15) is 9.59 Å². The van der Waals surface area contributed by atoms with E-state index in [1.54, 1.807) is 7.11 Å². The minimum atomic E-state index is -0.427. The van der Waals surface area contributed by atoms with Gasteiger partial charge in [-0.15, -0.1) is 0 Å². The van der Waals surface area contributed by atoms with Crippen molar-refractivity contribution in [1.29, 1.82) is 0 Å². The van der Waals surface area contributed by atoms with E-state index in [0.717, 1.165) is 48.5 Å². The number of anilines is 1. The maximum Gasteiger partial charge on any atom is 0.260 e. The first-order valence-electron chi connectivity index (χ1n) is 12.4. The number of carbonyl (C=O) groups excluding carboxylic acids is 2. The van der Waals surface area contributed by atoms with Crippen LogP contribution in [0.15, 0.2) is 72.8 Å². The zero-order valence-corrected chi connectivity index (χ0v) is 20.5. The Hall–Kier alpha value is -4.00. The Kier molecular flexibility index (Phi) is 7.07. The summed E-state index contributed by atoms with van der Waals surface area (Å²) in [6, 6.07) is 23.1. The van der Waals surface area contributed by atoms with E-state index in [4.69, 9.17) is 9.47 Å². The molecule has 1 fully saturated rings. The predicted molar refractivity (Wildman–Crippen MR) is 138 cm³/mol. The number of para-hydroxylation sites is 2. The molecule has 0 spiro atoms. The molecular formula is C29H31N3O4. The summed E-state index contributed by atoms with van der Waals surface area (Å²) in [6.07, 6.45) is 2.34. The Labute approximate surface area is 211 Å². The number of benzene rings is 3. The quantitative estimate of drug-likeness (QED) is 0.509. The summed E-state index contributed by atoms with van der Waals surface area (Å²) in [6.45, 7) is 2.08. The Morgan fingerprint density at radius 2 is 1.69 bits per heavy atom. The molecule has 2 amide bonds. The standard InChI is InChI=1S/C29H31N3O4/c1-35-22-14-12-21(13-15-22)16-19-32-28(30-25-10-4-2-8-23(25)29(32)34)24-9-3-5-11-26(24)36-20-27(33)31-17-6-7-18-31/h2-5,8-15,28,30H,6-7,16-20H2,1H3. The van der Waals surface area contributed by atoms with Gasteiger partial charge in [0, 0.05) is 30.9 Å². The number of hydrogen-bond acceptors (Lipinski definition) is 5. The Bertz CT molecular complexity index is 1220. The number of carbonyl (C=O) groups is 2. The third kappa shape index (κ3) is 5.00. The van der Waals surface area contributed by atoms with Crippen LogP contribution in [0.2, 0.25) is 0 Å². The summed E-state index contributed by atoms with van der Waals surface area (Å²) in [4.78, 5) is 29.9. The van der Waals surface area contributed by atoms with E-state index in [1.807, 2.05) is 82.6 Å². The van der Waals surface area contributed by atoms with Crippen LogP contribution in [0.25, 0.3) is 0 Å². The van der Waals surface area contributed by atoms with Crippen LogP contribution in [0.4, 0.5) is 5.69 Å². The molecule has 186 valence electrons. The van der Waals surface area contributed by atoms with E-state index in [2.05, 4.69) is 5.32 Å². The van der Waals surface area contributed by atoms with Gasteiger partial charge in [-0.3, -0.25) is 9.59 Å². The van der Waals surface area contributed by atoms with Crippen LogP contribution in [-0.4, -0.2) is 55.0 Å². The number of methoxy groups -OCH3 is 1. The number of nitrogens with one attached hydrogen (secondary N) is 1. The summed E-state index contributed by atoms with van der Waals surface area (Å²) in [5, 5.41) is 3.54. The molecule has 3 aromatic rings. The molecule has 1 N–H and O–H groups in total. The second-order valence-electron chi connectivity index (χ2n) is 9.10. The summed E-state index contributed by atoms with van der Waals surface area (Å²) in [5.41, 5.74) is 3.37. The maximum atomic E-state index is 13.6. The van der Waals surface area contributed by atoms with Crippen molar-refractivity contribution in [2.24, 2.45) is 0 Å². The summed E-state index contributed by atoms with van der Waals surface area (Å²) in [7, 11) is 1.65. The van der Waals surface area contributed by atoms with Gasteiger partial charge in [0.1, 0.15) is 17.7 Å². The van der Waals surface area contributed by atoms with E-state index < -0.39 is 6.17 Å². The number of rotatable bonds is 8. The molecule has 7 heteroatoms. The summed E-state index contributed by atoms with van der Waals surface area (Å²) >= 11 is 0. The molecule has 1 unspecified atom stereocenters. The van der Waals surface area contributed by atoms with Crippen LogP contribution < -0.4 is 14.8 Å². The average Bonchev–Trinajstić information content (AvgIpc) is 3.47. The van der Waals surface area contributed by atoms with Crippen molar-refractivity contribution < 1.29 is 19.1 Å². The van der Waals surface area contributed by atoms with Crippen molar-refractivity contribution in [3.63, 3.8) is 0 Å². The fraction of sp³-hybridized carbons (Fsp3) is 0.310. The molecule has 3 aromatic carbocycles. The van der Waals surface area contributed by atoms with Gasteiger partial charge in [-0.05, 0) is 55.2 Å². The van der Waals surface area contributed by atoms with E-state index in [0.29, 0.717) is 24.3 Å². The number of amides is 2. The highest BCUT2D eigenvalue weighted by atomic mass is 16.5. The Balaban J connectivity index is 1.40. The molecule has 5 rings (SSSR count). The number of hydrogen-bond donors (Lipinski definition) is 1. The summed E-state index contributed by atoms with van der Waals surface area (Å²) in [5.74, 6) is 1.36. The smallest absolute Gasteiger partial charge is 0.260 e. The fourth-order valence-corrected chi connectivity index (χ4v) is 4.85. The second-order valence-corrected chi connectivity index (χ2v) is 9.10. The van der Waals surface area contributed by atoms with E-state index in [1.165, 1.54) is 0 Å². The molecule has 0 bridgehead atoms. The third-order valence-corrected chi connectivity index (χ3v) is 6.85. The van der Waals surface area contributed by atoms with Gasteiger partial charge in [-0.25, -0.2) is 0 Å². The molecule has 2 heterocycles. The van der Waals surface area contributed by atoms with Gasteiger partial charge >= 0.3 is 0 Å². The van der Waals surface area contributed by atoms with Crippen molar-refractivity contribution in [3.8, 4) is 11.5 Å². The minimum absolute atomic E-state index is 0.00306.